The second kappa shape index (κ2) is 16.0. The van der Waals surface area contributed by atoms with E-state index >= 15 is 0 Å². The van der Waals surface area contributed by atoms with Crippen LogP contribution in [0, 0.1) is 6.08 Å². The first-order chi connectivity index (χ1) is 11.8. The third kappa shape index (κ3) is 15.7. The molecule has 0 amide bonds. The minimum absolute atomic E-state index is 0. The van der Waals surface area contributed by atoms with Gasteiger partial charge in [0.25, 0.3) is 0 Å². The zero-order valence-electron chi connectivity index (χ0n) is 17.0. The molecular formula is C21H30Cl2OSi2Zr-2. The van der Waals surface area contributed by atoms with Crippen LogP contribution in [0.15, 0.2) is 60.2 Å². The van der Waals surface area contributed by atoms with Crippen molar-refractivity contribution in [2.45, 2.75) is 45.6 Å². The normalized spacial score (nSPS) is 11.9. The van der Waals surface area contributed by atoms with E-state index in [0.29, 0.717) is 0 Å². The van der Waals surface area contributed by atoms with E-state index in [2.05, 4.69) is 93.4 Å². The predicted octanol–water partition coefficient (Wildman–Crippen LogP) is 0.268. The molecule has 3 rings (SSSR count). The molecule has 0 saturated heterocycles. The molecule has 6 heteroatoms. The van der Waals surface area contributed by atoms with Gasteiger partial charge in [-0.25, -0.2) is 11.6 Å². The number of benzene rings is 1. The van der Waals surface area contributed by atoms with Crippen molar-refractivity contribution in [3.05, 3.63) is 66.3 Å². The van der Waals surface area contributed by atoms with E-state index in [4.69, 9.17) is 4.43 Å². The van der Waals surface area contributed by atoms with Gasteiger partial charge in [-0.05, 0) is 19.6 Å². The van der Waals surface area contributed by atoms with E-state index in [1.807, 2.05) is 0 Å². The molecule has 148 valence electrons. The van der Waals surface area contributed by atoms with Crippen LogP contribution in [0.4, 0.5) is 0 Å². The zero-order chi connectivity index (χ0) is 18.7. The summed E-state index contributed by atoms with van der Waals surface area (Å²) in [5.74, 6) is 0. The van der Waals surface area contributed by atoms with Crippen molar-refractivity contribution in [1.82, 2.24) is 0 Å². The summed E-state index contributed by atoms with van der Waals surface area (Å²) in [4.78, 5) is 0. The number of halogens is 2. The summed E-state index contributed by atoms with van der Waals surface area (Å²) < 4.78 is 5.75. The summed E-state index contributed by atoms with van der Waals surface area (Å²) in [7, 11) is -1.29. The van der Waals surface area contributed by atoms with Gasteiger partial charge in [0.2, 0.25) is 0 Å². The Morgan fingerprint density at radius 3 is 2.30 bits per heavy atom. The quantitative estimate of drug-likeness (QED) is 0.419. The molecule has 0 aromatic heterocycles. The maximum atomic E-state index is 5.75. The fourth-order valence-electron chi connectivity index (χ4n) is 2.16. The van der Waals surface area contributed by atoms with Crippen molar-refractivity contribution < 1.29 is 52.6 Å². The first-order valence-corrected chi connectivity index (χ1v) is 18.4. The minimum atomic E-state index is -1.29. The van der Waals surface area contributed by atoms with Crippen molar-refractivity contribution in [3.63, 3.8) is 0 Å². The Kier molecular flexibility index (Phi) is 17.4. The second-order valence-electron chi connectivity index (χ2n) is 7.24. The van der Waals surface area contributed by atoms with Gasteiger partial charge in [0.1, 0.15) is 0 Å². The van der Waals surface area contributed by atoms with E-state index in [-0.39, 0.29) is 30.2 Å². The molecule has 0 aliphatic heterocycles. The van der Waals surface area contributed by atoms with E-state index < -0.39 is 8.32 Å². The molecule has 2 aromatic rings. The maximum Gasteiger partial charge on any atom is -0.0809 e. The minimum Gasteiger partial charge on any atom is -1.00 e. The van der Waals surface area contributed by atoms with Crippen molar-refractivity contribution in [3.8, 4) is 0 Å². The summed E-state index contributed by atoms with van der Waals surface area (Å²) in [6.07, 6.45) is 9.39. The van der Waals surface area contributed by atoms with Gasteiger partial charge in [-0.15, -0.1) is 29.7 Å². The average Bonchev–Trinajstić information content (AvgIpc) is 3.17. The molecule has 0 fully saturated rings. The maximum absolute atomic E-state index is 5.75. The molecule has 0 bridgehead atoms. The molecule has 0 spiro atoms. The second-order valence-corrected chi connectivity index (χ2v) is 21.1. The van der Waals surface area contributed by atoms with E-state index in [9.17, 15) is 0 Å². The summed E-state index contributed by atoms with van der Waals surface area (Å²) in [5, 5.41) is 2.66. The molecular weight excluding hydrogens is 487 g/mol. The third-order valence-electron chi connectivity index (χ3n) is 3.28. The van der Waals surface area contributed by atoms with Crippen molar-refractivity contribution in [1.29, 1.82) is 0 Å². The van der Waals surface area contributed by atoms with Gasteiger partial charge in [0, 0.05) is 6.61 Å². The molecule has 27 heavy (non-hydrogen) atoms. The topological polar surface area (TPSA) is 9.23 Å². The van der Waals surface area contributed by atoms with Crippen molar-refractivity contribution >= 4 is 24.5 Å². The zero-order valence-corrected chi connectivity index (χ0v) is 23.0. The summed E-state index contributed by atoms with van der Waals surface area (Å²) >= 11 is 1.74. The number of allylic oxidation sites excluding steroid dienone is 3. The smallest absolute Gasteiger partial charge is 0.0809 e. The van der Waals surface area contributed by atoms with Crippen LogP contribution in [0.25, 0.3) is 10.8 Å². The van der Waals surface area contributed by atoms with Gasteiger partial charge in [0.15, 0.2) is 8.32 Å². The van der Waals surface area contributed by atoms with Crippen LogP contribution >= 0.6 is 0 Å². The fourth-order valence-corrected chi connectivity index (χ4v) is 2.87. The Hall–Kier alpha value is 0.167. The summed E-state index contributed by atoms with van der Waals surface area (Å²) in [5.41, 5.74) is 1.66. The molecule has 1 nitrogen and oxygen atoms in total. The molecule has 1 aliphatic carbocycles. The first kappa shape index (κ1) is 29.4. The molecule has 2 aromatic carbocycles. The molecule has 1 aliphatic rings. The Balaban J connectivity index is 0. The van der Waals surface area contributed by atoms with Gasteiger partial charge in [-0.2, -0.15) is 23.6 Å². The molecule has 0 heterocycles. The molecule has 0 N–H and O–H groups in total. The van der Waals surface area contributed by atoms with Crippen molar-refractivity contribution in [2.24, 2.45) is 0 Å². The summed E-state index contributed by atoms with van der Waals surface area (Å²) in [6.45, 7) is 12.2. The van der Waals surface area contributed by atoms with Crippen LogP contribution in [-0.4, -0.2) is 20.4 Å². The molecule has 0 unspecified atom stereocenters. The van der Waals surface area contributed by atoms with Gasteiger partial charge >= 0.3 is 41.9 Å². The number of fused-ring (bicyclic) bond motifs is 1. The SMILES string of the molecule is C[Si](C)(C)OCCC1=C[C-]=CC1.C[Si](C)=[Zr+2].[Cl-].[Cl-].c1ccc2[cH-]ccc2c1. The molecule has 0 saturated carbocycles. The summed E-state index contributed by atoms with van der Waals surface area (Å²) in [6, 6.07) is 14.7. The number of rotatable bonds is 4. The standard InChI is InChI=1S/C10H17OSi.C9H7.C2H6Si.2ClH.Zr/c1-12(2,3)11-9-8-10-6-4-5-7-10;1-2-5-9-7-3-6-8(9)4-1;1-3-2;;;/h4,7H,6,8-9H2,1-3H3;1-7H;1-2H3;2*1H;/q2*-1;;;;+2/p-2. The van der Waals surface area contributed by atoms with Gasteiger partial charge in [0.05, 0.1) is 0 Å². The molecule has 0 radical (unpaired) electrons. The Labute approximate surface area is 194 Å². The fraction of sp³-hybridized carbons (Fsp3) is 0.381. The van der Waals surface area contributed by atoms with E-state index in [1.54, 1.807) is 23.3 Å². The first-order valence-electron chi connectivity index (χ1n) is 8.80. The average molecular weight is 517 g/mol. The van der Waals surface area contributed by atoms with Gasteiger partial charge in [-0.3, -0.25) is 6.08 Å². The Morgan fingerprint density at radius 2 is 1.78 bits per heavy atom. The van der Waals surface area contributed by atoms with Crippen LogP contribution in [0.1, 0.15) is 12.8 Å². The van der Waals surface area contributed by atoms with E-state index in [0.717, 1.165) is 19.4 Å². The predicted molar refractivity (Wildman–Crippen MR) is 111 cm³/mol. The van der Waals surface area contributed by atoms with Crippen LogP contribution in [0.5, 0.6) is 0 Å². The van der Waals surface area contributed by atoms with E-state index in [1.165, 1.54) is 16.3 Å². The number of hydrogen-bond donors (Lipinski definition) is 0. The Morgan fingerprint density at radius 1 is 1.15 bits per heavy atom. The van der Waals surface area contributed by atoms with Crippen LogP contribution in [0.2, 0.25) is 32.7 Å². The number of hydrogen-bond acceptors (Lipinski definition) is 1. The monoisotopic (exact) mass is 514 g/mol. The largest absolute Gasteiger partial charge is 1.00 e. The Bertz CT molecular complexity index is 684. The van der Waals surface area contributed by atoms with Crippen LogP contribution in [-0.2, 0) is 27.8 Å². The molecule has 0 atom stereocenters. The third-order valence-corrected chi connectivity index (χ3v) is 4.35. The van der Waals surface area contributed by atoms with Crippen LogP contribution < -0.4 is 24.8 Å². The van der Waals surface area contributed by atoms with Gasteiger partial charge < -0.3 is 29.2 Å². The van der Waals surface area contributed by atoms with Gasteiger partial charge in [-0.1, -0.05) is 18.9 Å². The van der Waals surface area contributed by atoms with Crippen LogP contribution in [0.3, 0.4) is 0 Å². The van der Waals surface area contributed by atoms with Crippen molar-refractivity contribution in [2.75, 3.05) is 6.61 Å².